The van der Waals surface area contributed by atoms with Gasteiger partial charge < -0.3 is 19.9 Å². The third kappa shape index (κ3) is 4.51. The van der Waals surface area contributed by atoms with E-state index in [0.29, 0.717) is 30.1 Å². The lowest BCUT2D eigenvalue weighted by atomic mass is 10.1. The van der Waals surface area contributed by atoms with Gasteiger partial charge in [-0.1, -0.05) is 0 Å². The van der Waals surface area contributed by atoms with E-state index in [1.54, 1.807) is 23.1 Å². The van der Waals surface area contributed by atoms with Crippen molar-refractivity contribution in [3.05, 3.63) is 57.8 Å². The van der Waals surface area contributed by atoms with Crippen molar-refractivity contribution < 1.29 is 18.7 Å². The molecule has 1 aliphatic rings. The number of amides is 2. The van der Waals surface area contributed by atoms with Crippen molar-refractivity contribution in [2.45, 2.75) is 0 Å². The van der Waals surface area contributed by atoms with Gasteiger partial charge >= 0.3 is 0 Å². The average molecular weight is 450 g/mol. The van der Waals surface area contributed by atoms with Crippen LogP contribution in [0.2, 0.25) is 0 Å². The number of nitrogens with one attached hydrogen (secondary N) is 1. The molecule has 28 heavy (non-hydrogen) atoms. The van der Waals surface area contributed by atoms with Crippen molar-refractivity contribution in [1.29, 1.82) is 0 Å². The summed E-state index contributed by atoms with van der Waals surface area (Å²) in [5.74, 6) is -0.700. The predicted octanol–water partition coefficient (Wildman–Crippen LogP) is 3.24. The number of rotatable bonds is 4. The summed E-state index contributed by atoms with van der Waals surface area (Å²) in [6.07, 6.45) is 0. The maximum atomic E-state index is 13.7. The molecule has 0 bridgehead atoms. The molecule has 6 nitrogen and oxygen atoms in total. The van der Waals surface area contributed by atoms with Crippen molar-refractivity contribution >= 4 is 33.4 Å². The van der Waals surface area contributed by atoms with Crippen molar-refractivity contribution in [2.75, 3.05) is 45.7 Å². The van der Waals surface area contributed by atoms with E-state index in [-0.39, 0.29) is 15.9 Å². The van der Waals surface area contributed by atoms with E-state index in [1.165, 1.54) is 19.2 Å². The van der Waals surface area contributed by atoms with E-state index in [4.69, 9.17) is 4.74 Å². The van der Waals surface area contributed by atoms with E-state index in [9.17, 15) is 14.0 Å². The molecule has 2 aromatic rings. The van der Waals surface area contributed by atoms with Crippen molar-refractivity contribution in [3.63, 3.8) is 0 Å². The molecular weight excluding hydrogens is 429 g/mol. The second-order valence-electron chi connectivity index (χ2n) is 6.59. The highest BCUT2D eigenvalue weighted by Crippen LogP contribution is 2.27. The molecule has 0 unspecified atom stereocenters. The third-order valence-corrected chi connectivity index (χ3v) is 5.31. The highest BCUT2D eigenvalue weighted by molar-refractivity contribution is 9.10. The Bertz CT molecular complexity index is 898. The number of anilines is 1. The molecule has 2 aromatic carbocycles. The second kappa shape index (κ2) is 8.70. The van der Waals surface area contributed by atoms with Crippen LogP contribution in [0.3, 0.4) is 0 Å². The number of halogens is 2. The number of hydrogen-bond donors (Lipinski definition) is 1. The van der Waals surface area contributed by atoms with Gasteiger partial charge in [-0.25, -0.2) is 4.39 Å². The van der Waals surface area contributed by atoms with Crippen LogP contribution in [0.5, 0.6) is 5.75 Å². The zero-order valence-corrected chi connectivity index (χ0v) is 17.3. The Labute approximate surface area is 171 Å². The zero-order chi connectivity index (χ0) is 20.3. The molecule has 1 saturated heterocycles. The summed E-state index contributed by atoms with van der Waals surface area (Å²) in [5.41, 5.74) is 0.983. The number of nitrogens with zero attached hydrogens (tertiary/aromatic N) is 2. The third-order valence-electron chi connectivity index (χ3n) is 4.67. The Hall–Kier alpha value is -2.45. The summed E-state index contributed by atoms with van der Waals surface area (Å²) >= 11 is 3.06. The average Bonchev–Trinajstić information content (AvgIpc) is 2.70. The molecule has 2 amide bonds. The molecule has 0 aliphatic carbocycles. The molecule has 148 valence electrons. The lowest BCUT2D eigenvalue weighted by Gasteiger charge is -2.32. The van der Waals surface area contributed by atoms with E-state index in [1.807, 2.05) is 7.05 Å². The van der Waals surface area contributed by atoms with E-state index in [2.05, 4.69) is 26.1 Å². The van der Waals surface area contributed by atoms with Gasteiger partial charge in [-0.05, 0) is 59.4 Å². The summed E-state index contributed by atoms with van der Waals surface area (Å²) in [6, 6.07) is 9.02. The fraction of sp³-hybridized carbons (Fsp3) is 0.300. The summed E-state index contributed by atoms with van der Waals surface area (Å²) in [6.45, 7) is 2.95. The molecule has 3 rings (SSSR count). The quantitative estimate of drug-likeness (QED) is 0.777. The van der Waals surface area contributed by atoms with Gasteiger partial charge in [0, 0.05) is 37.3 Å². The fourth-order valence-corrected chi connectivity index (χ4v) is 3.21. The van der Waals surface area contributed by atoms with E-state index < -0.39 is 11.7 Å². The van der Waals surface area contributed by atoms with Crippen LogP contribution in [-0.2, 0) is 0 Å². The smallest absolute Gasteiger partial charge is 0.255 e. The first-order valence-corrected chi connectivity index (χ1v) is 9.60. The minimum Gasteiger partial charge on any atom is -0.495 e. The van der Waals surface area contributed by atoms with Crippen LogP contribution in [0.1, 0.15) is 20.7 Å². The number of hydrogen-bond acceptors (Lipinski definition) is 4. The molecule has 0 spiro atoms. The first-order valence-electron chi connectivity index (χ1n) is 8.81. The second-order valence-corrected chi connectivity index (χ2v) is 7.45. The molecule has 0 atom stereocenters. The lowest BCUT2D eigenvalue weighted by Crippen LogP contribution is -2.47. The van der Waals surface area contributed by atoms with Gasteiger partial charge in [0.2, 0.25) is 0 Å². The maximum Gasteiger partial charge on any atom is 0.255 e. The molecule has 1 N–H and O–H groups in total. The van der Waals surface area contributed by atoms with Crippen molar-refractivity contribution in [2.24, 2.45) is 0 Å². The number of carbonyl (C=O) groups is 2. The summed E-state index contributed by atoms with van der Waals surface area (Å²) in [5, 5.41) is 2.70. The van der Waals surface area contributed by atoms with Gasteiger partial charge in [0.1, 0.15) is 11.6 Å². The summed E-state index contributed by atoms with van der Waals surface area (Å²) in [4.78, 5) is 29.3. The fourth-order valence-electron chi connectivity index (χ4n) is 2.96. The molecule has 1 fully saturated rings. The molecule has 1 heterocycles. The van der Waals surface area contributed by atoms with Crippen LogP contribution in [-0.4, -0.2) is 62.0 Å². The Morgan fingerprint density at radius 2 is 1.75 bits per heavy atom. The molecule has 8 heteroatoms. The zero-order valence-electron chi connectivity index (χ0n) is 15.7. The SMILES string of the molecule is COc1ccc(C(=O)N2CCN(C)CC2)cc1NC(=O)c1ccc(Br)c(F)c1. The molecule has 0 radical (unpaired) electrons. The Kier molecular flexibility index (Phi) is 6.31. The number of benzene rings is 2. The van der Waals surface area contributed by atoms with Crippen LogP contribution in [0.4, 0.5) is 10.1 Å². The van der Waals surface area contributed by atoms with Gasteiger partial charge in [-0.15, -0.1) is 0 Å². The molecular formula is C20H21BrFN3O3. The van der Waals surface area contributed by atoms with Gasteiger partial charge in [-0.2, -0.15) is 0 Å². The van der Waals surface area contributed by atoms with E-state index >= 15 is 0 Å². The number of piperazine rings is 1. The highest BCUT2D eigenvalue weighted by Gasteiger charge is 2.22. The largest absolute Gasteiger partial charge is 0.495 e. The minimum absolute atomic E-state index is 0.0964. The summed E-state index contributed by atoms with van der Waals surface area (Å²) < 4.78 is 19.3. The van der Waals surface area contributed by atoms with Crippen molar-refractivity contribution in [3.8, 4) is 5.75 Å². The predicted molar refractivity (Wildman–Crippen MR) is 108 cm³/mol. The summed E-state index contributed by atoms with van der Waals surface area (Å²) in [7, 11) is 3.50. The van der Waals surface area contributed by atoms with Crippen LogP contribution >= 0.6 is 15.9 Å². The minimum atomic E-state index is -0.529. The maximum absolute atomic E-state index is 13.7. The van der Waals surface area contributed by atoms with Crippen molar-refractivity contribution in [1.82, 2.24) is 9.80 Å². The number of methoxy groups -OCH3 is 1. The normalized spacial score (nSPS) is 14.6. The first kappa shape index (κ1) is 20.3. The van der Waals surface area contributed by atoms with Gasteiger partial charge in [-0.3, -0.25) is 9.59 Å². The number of ether oxygens (including phenoxy) is 1. The van der Waals surface area contributed by atoms with Crippen LogP contribution in [0.25, 0.3) is 0 Å². The van der Waals surface area contributed by atoms with Gasteiger partial charge in [0.15, 0.2) is 0 Å². The number of carbonyl (C=O) groups excluding carboxylic acids is 2. The molecule has 1 aliphatic heterocycles. The van der Waals surface area contributed by atoms with E-state index in [0.717, 1.165) is 19.2 Å². The Morgan fingerprint density at radius 1 is 1.07 bits per heavy atom. The van der Waals surface area contributed by atoms with Crippen LogP contribution in [0, 0.1) is 5.82 Å². The molecule has 0 aromatic heterocycles. The van der Waals surface area contributed by atoms with Crippen LogP contribution in [0.15, 0.2) is 40.9 Å². The van der Waals surface area contributed by atoms with Gasteiger partial charge in [0.05, 0.1) is 17.3 Å². The monoisotopic (exact) mass is 449 g/mol. The highest BCUT2D eigenvalue weighted by atomic mass is 79.9. The lowest BCUT2D eigenvalue weighted by molar-refractivity contribution is 0.0664. The first-order chi connectivity index (χ1) is 13.4. The Balaban J connectivity index is 1.81. The van der Waals surface area contributed by atoms with Gasteiger partial charge in [0.25, 0.3) is 11.8 Å². The molecule has 0 saturated carbocycles. The topological polar surface area (TPSA) is 61.9 Å². The number of likely N-dealkylation sites (N-methyl/N-ethyl adjacent to an activating group) is 1. The Morgan fingerprint density at radius 3 is 2.39 bits per heavy atom. The van der Waals surface area contributed by atoms with Crippen LogP contribution < -0.4 is 10.1 Å². The standard InChI is InChI=1S/C20H21BrFN3O3/c1-24-7-9-25(10-8-24)20(27)14-4-6-18(28-2)17(12-14)23-19(26)13-3-5-15(21)16(22)11-13/h3-6,11-12H,7-10H2,1-2H3,(H,23,26).